The summed E-state index contributed by atoms with van der Waals surface area (Å²) in [6.45, 7) is 5.49. The highest BCUT2D eigenvalue weighted by Crippen LogP contribution is 2.35. The fourth-order valence-corrected chi connectivity index (χ4v) is 5.65. The maximum Gasteiger partial charge on any atom is 0.0391 e. The van der Waals surface area contributed by atoms with Crippen molar-refractivity contribution in [1.29, 1.82) is 0 Å². The monoisotopic (exact) mass is 243 g/mol. The Morgan fingerprint density at radius 3 is 2.50 bits per heavy atom. The van der Waals surface area contributed by atoms with Crippen LogP contribution in [0.25, 0.3) is 0 Å². The van der Waals surface area contributed by atoms with Crippen LogP contribution >= 0.6 is 0 Å². The molecule has 2 fully saturated rings. The highest BCUT2D eigenvalue weighted by atomic mass is 32.2. The van der Waals surface area contributed by atoms with Crippen molar-refractivity contribution in [3.8, 4) is 0 Å². The first-order chi connectivity index (χ1) is 7.74. The van der Waals surface area contributed by atoms with Gasteiger partial charge >= 0.3 is 0 Å². The Kier molecular flexibility index (Phi) is 4.42. The van der Waals surface area contributed by atoms with Gasteiger partial charge in [-0.15, -0.1) is 0 Å². The summed E-state index contributed by atoms with van der Waals surface area (Å²) in [7, 11) is -0.565. The van der Waals surface area contributed by atoms with E-state index in [9.17, 15) is 4.21 Å². The Morgan fingerprint density at radius 1 is 1.19 bits per heavy atom. The van der Waals surface area contributed by atoms with Crippen molar-refractivity contribution >= 4 is 10.8 Å². The standard InChI is InChI=1S/C13H25NOS/c1-3-14-12-8-9-13(10(12)2)16(15)11-6-4-5-7-11/h10-14H,3-9H2,1-2H3. The number of nitrogens with one attached hydrogen (secondary N) is 1. The lowest BCUT2D eigenvalue weighted by molar-refractivity contribution is 0.438. The Balaban J connectivity index is 1.92. The Morgan fingerprint density at radius 2 is 1.88 bits per heavy atom. The molecule has 3 heteroatoms. The van der Waals surface area contributed by atoms with Gasteiger partial charge in [0.1, 0.15) is 0 Å². The summed E-state index contributed by atoms with van der Waals surface area (Å²) in [4.78, 5) is 0. The molecule has 2 aliphatic rings. The molecular weight excluding hydrogens is 218 g/mol. The molecule has 0 amide bonds. The molecule has 2 aliphatic carbocycles. The van der Waals surface area contributed by atoms with Gasteiger partial charge in [0.15, 0.2) is 0 Å². The second-order valence-corrected chi connectivity index (χ2v) is 7.30. The molecule has 0 spiro atoms. The van der Waals surface area contributed by atoms with Gasteiger partial charge in [0, 0.05) is 27.3 Å². The summed E-state index contributed by atoms with van der Waals surface area (Å²) >= 11 is 0. The predicted molar refractivity (Wildman–Crippen MR) is 70.0 cm³/mol. The molecule has 0 radical (unpaired) electrons. The quantitative estimate of drug-likeness (QED) is 0.822. The molecule has 0 aromatic carbocycles. The highest BCUT2D eigenvalue weighted by Gasteiger charge is 2.38. The minimum absolute atomic E-state index is 0.465. The van der Waals surface area contributed by atoms with Crippen LogP contribution in [0.4, 0.5) is 0 Å². The molecular formula is C13H25NOS. The zero-order valence-electron chi connectivity index (χ0n) is 10.6. The molecule has 0 aliphatic heterocycles. The average Bonchev–Trinajstić information content (AvgIpc) is 2.89. The smallest absolute Gasteiger partial charge is 0.0391 e. The lowest BCUT2D eigenvalue weighted by atomic mass is 10.1. The maximum atomic E-state index is 12.5. The molecule has 2 rings (SSSR count). The normalized spacial score (nSPS) is 38.0. The first kappa shape index (κ1) is 12.6. The van der Waals surface area contributed by atoms with E-state index in [1.54, 1.807) is 0 Å². The second-order valence-electron chi connectivity index (χ2n) is 5.37. The van der Waals surface area contributed by atoms with Crippen LogP contribution in [0.2, 0.25) is 0 Å². The van der Waals surface area contributed by atoms with E-state index in [2.05, 4.69) is 19.2 Å². The lowest BCUT2D eigenvalue weighted by Gasteiger charge is -2.23. The van der Waals surface area contributed by atoms with Gasteiger partial charge in [0.05, 0.1) is 0 Å². The summed E-state index contributed by atoms with van der Waals surface area (Å²) in [6.07, 6.45) is 7.41. The fraction of sp³-hybridized carbons (Fsp3) is 1.00. The Labute approximate surface area is 102 Å². The van der Waals surface area contributed by atoms with Gasteiger partial charge < -0.3 is 5.32 Å². The lowest BCUT2D eigenvalue weighted by Crippen LogP contribution is -2.36. The SMILES string of the molecule is CCNC1CCC(S(=O)C2CCCC2)C1C. The van der Waals surface area contributed by atoms with E-state index in [0.717, 1.165) is 6.54 Å². The molecule has 0 aromatic heterocycles. The third kappa shape index (κ3) is 2.51. The maximum absolute atomic E-state index is 12.5. The zero-order chi connectivity index (χ0) is 11.5. The summed E-state index contributed by atoms with van der Waals surface area (Å²) < 4.78 is 12.5. The predicted octanol–water partition coefficient (Wildman–Crippen LogP) is 2.45. The first-order valence-corrected chi connectivity index (χ1v) is 8.14. The van der Waals surface area contributed by atoms with E-state index < -0.39 is 10.8 Å². The molecule has 0 bridgehead atoms. The molecule has 0 saturated heterocycles. The van der Waals surface area contributed by atoms with Crippen LogP contribution in [0.15, 0.2) is 0 Å². The van der Waals surface area contributed by atoms with Crippen LogP contribution in [0.5, 0.6) is 0 Å². The molecule has 2 nitrogen and oxygen atoms in total. The van der Waals surface area contributed by atoms with Gasteiger partial charge in [-0.1, -0.05) is 26.7 Å². The van der Waals surface area contributed by atoms with Gasteiger partial charge in [0.25, 0.3) is 0 Å². The summed E-state index contributed by atoms with van der Waals surface area (Å²) in [6, 6.07) is 0.611. The third-order valence-electron chi connectivity index (χ3n) is 4.38. The average molecular weight is 243 g/mol. The molecule has 16 heavy (non-hydrogen) atoms. The van der Waals surface area contributed by atoms with Gasteiger partial charge in [0.2, 0.25) is 0 Å². The van der Waals surface area contributed by atoms with Crippen molar-refractivity contribution in [2.75, 3.05) is 6.54 Å². The van der Waals surface area contributed by atoms with Crippen molar-refractivity contribution in [2.45, 2.75) is 68.9 Å². The van der Waals surface area contributed by atoms with E-state index in [-0.39, 0.29) is 0 Å². The number of rotatable bonds is 4. The molecule has 2 saturated carbocycles. The molecule has 0 heterocycles. The Bertz CT molecular complexity index is 250. The van der Waals surface area contributed by atoms with Crippen molar-refractivity contribution in [3.05, 3.63) is 0 Å². The van der Waals surface area contributed by atoms with Gasteiger partial charge in [-0.05, 0) is 38.1 Å². The van der Waals surface area contributed by atoms with E-state index >= 15 is 0 Å². The second kappa shape index (κ2) is 5.63. The highest BCUT2D eigenvalue weighted by molar-refractivity contribution is 7.86. The molecule has 94 valence electrons. The van der Waals surface area contributed by atoms with Gasteiger partial charge in [-0.2, -0.15) is 0 Å². The van der Waals surface area contributed by atoms with Crippen LogP contribution < -0.4 is 5.32 Å². The van der Waals surface area contributed by atoms with Gasteiger partial charge in [-0.25, -0.2) is 0 Å². The topological polar surface area (TPSA) is 29.1 Å². The van der Waals surface area contributed by atoms with E-state index in [1.807, 2.05) is 0 Å². The van der Waals surface area contributed by atoms with Crippen molar-refractivity contribution in [2.24, 2.45) is 5.92 Å². The fourth-order valence-electron chi connectivity index (χ4n) is 3.37. The van der Waals surface area contributed by atoms with E-state index in [1.165, 1.54) is 38.5 Å². The summed E-state index contributed by atoms with van der Waals surface area (Å²) in [5.74, 6) is 0.599. The van der Waals surface area contributed by atoms with Crippen molar-refractivity contribution in [3.63, 3.8) is 0 Å². The summed E-state index contributed by atoms with van der Waals surface area (Å²) in [5, 5.41) is 4.52. The Hall–Kier alpha value is 0.110. The van der Waals surface area contributed by atoms with Crippen LogP contribution in [-0.4, -0.2) is 27.3 Å². The first-order valence-electron chi connectivity index (χ1n) is 6.86. The third-order valence-corrected chi connectivity index (χ3v) is 6.77. The van der Waals surface area contributed by atoms with E-state index in [4.69, 9.17) is 0 Å². The van der Waals surface area contributed by atoms with Crippen molar-refractivity contribution in [1.82, 2.24) is 5.32 Å². The van der Waals surface area contributed by atoms with Crippen LogP contribution in [0, 0.1) is 5.92 Å². The van der Waals surface area contributed by atoms with Crippen LogP contribution in [-0.2, 0) is 10.8 Å². The largest absolute Gasteiger partial charge is 0.314 e. The molecule has 0 aromatic rings. The number of hydrogen-bond donors (Lipinski definition) is 1. The number of hydrogen-bond acceptors (Lipinski definition) is 2. The van der Waals surface area contributed by atoms with Crippen molar-refractivity contribution < 1.29 is 4.21 Å². The molecule has 4 atom stereocenters. The van der Waals surface area contributed by atoms with Crippen LogP contribution in [0.1, 0.15) is 52.4 Å². The minimum Gasteiger partial charge on any atom is -0.314 e. The minimum atomic E-state index is -0.565. The molecule has 4 unspecified atom stereocenters. The molecule has 1 N–H and O–H groups in total. The van der Waals surface area contributed by atoms with Crippen LogP contribution in [0.3, 0.4) is 0 Å². The summed E-state index contributed by atoms with van der Waals surface area (Å²) in [5.41, 5.74) is 0. The zero-order valence-corrected chi connectivity index (χ0v) is 11.4. The van der Waals surface area contributed by atoms with Gasteiger partial charge in [-0.3, -0.25) is 4.21 Å². The van der Waals surface area contributed by atoms with E-state index in [0.29, 0.717) is 22.5 Å².